The molecule has 0 saturated carbocycles. The normalized spacial score (nSPS) is 23.5. The summed E-state index contributed by atoms with van der Waals surface area (Å²) in [5, 5.41) is 0. The molecule has 2 unspecified atom stereocenters. The number of halogens is 2. The molecule has 2 atom stereocenters. The maximum Gasteiger partial charge on any atom is 2.00 e. The molecule has 0 aliphatic heterocycles. The Morgan fingerprint density at radius 2 is 0.875 bits per heavy atom. The van der Waals surface area contributed by atoms with Crippen molar-refractivity contribution in [3.05, 3.63) is 95.2 Å². The van der Waals surface area contributed by atoms with E-state index in [0.29, 0.717) is 0 Å². The van der Waals surface area contributed by atoms with Crippen LogP contribution in [0, 0.1) is 33.8 Å². The average molecular weight is 766 g/mol. The van der Waals surface area contributed by atoms with Gasteiger partial charge >= 0.3 is 43.4 Å². The summed E-state index contributed by atoms with van der Waals surface area (Å²) in [6, 6.07) is 0. The third-order valence-electron chi connectivity index (χ3n) is 9.72. The molecule has 0 radical (unpaired) electrons. The second-order valence-electron chi connectivity index (χ2n) is 16.6. The molecule has 4 aliphatic rings. The summed E-state index contributed by atoms with van der Waals surface area (Å²) in [6.07, 6.45) is 33.4. The Labute approximate surface area is 338 Å². The molecule has 0 N–H and O–H groups in total. The molecule has 6 heteroatoms. The van der Waals surface area contributed by atoms with Gasteiger partial charge in [-0.25, -0.2) is 23.3 Å². The Morgan fingerprint density at radius 1 is 0.562 bits per heavy atom. The summed E-state index contributed by atoms with van der Waals surface area (Å²) >= 11 is 0. The van der Waals surface area contributed by atoms with Crippen molar-refractivity contribution in [2.75, 3.05) is 0 Å². The van der Waals surface area contributed by atoms with Crippen molar-refractivity contribution in [1.29, 1.82) is 0 Å². The molecule has 0 fully saturated rings. The zero-order chi connectivity index (χ0) is 33.2. The summed E-state index contributed by atoms with van der Waals surface area (Å²) in [4.78, 5) is 0. The van der Waals surface area contributed by atoms with Crippen molar-refractivity contribution < 1.29 is 77.7 Å². The molecule has 2 nitrogen and oxygen atoms in total. The molecule has 0 bridgehead atoms. The molecule has 0 saturated heterocycles. The second kappa shape index (κ2) is 19.1. The van der Waals surface area contributed by atoms with Gasteiger partial charge in [0.2, 0.25) is 0 Å². The zero-order valence-corrected chi connectivity index (χ0v) is 37.0. The number of ether oxygens (including phenoxy) is 2. The van der Waals surface area contributed by atoms with Crippen molar-refractivity contribution in [2.24, 2.45) is 21.7 Å². The van der Waals surface area contributed by atoms with Crippen molar-refractivity contribution in [1.82, 2.24) is 0 Å². The second-order valence-corrected chi connectivity index (χ2v) is 16.6. The van der Waals surface area contributed by atoms with E-state index >= 15 is 0 Å². The van der Waals surface area contributed by atoms with Crippen LogP contribution in [0.2, 0.25) is 0 Å². The fraction of sp³-hybridized carbons (Fsp3) is 0.619. The van der Waals surface area contributed by atoms with Crippen molar-refractivity contribution in [3.63, 3.8) is 0 Å². The minimum atomic E-state index is -0.314. The molecule has 4 aliphatic carbocycles. The van der Waals surface area contributed by atoms with E-state index in [1.54, 1.807) is 0 Å². The molecule has 4 rings (SSSR count). The molecule has 0 aromatic rings. The third-order valence-corrected chi connectivity index (χ3v) is 9.72. The van der Waals surface area contributed by atoms with Crippen LogP contribution in [0.3, 0.4) is 0 Å². The van der Waals surface area contributed by atoms with Crippen LogP contribution in [0.4, 0.5) is 0 Å². The van der Waals surface area contributed by atoms with Gasteiger partial charge < -0.3 is 34.3 Å². The van der Waals surface area contributed by atoms with Crippen LogP contribution in [0.25, 0.3) is 0 Å². The Kier molecular flexibility index (Phi) is 19.9. The predicted molar refractivity (Wildman–Crippen MR) is 189 cm³/mol. The van der Waals surface area contributed by atoms with Gasteiger partial charge in [-0.15, -0.1) is 12.8 Å². The molecule has 48 heavy (non-hydrogen) atoms. The van der Waals surface area contributed by atoms with E-state index in [9.17, 15) is 0 Å². The van der Waals surface area contributed by atoms with E-state index < -0.39 is 0 Å². The topological polar surface area (TPSA) is 18.5 Å². The first kappa shape index (κ1) is 50.0. The maximum absolute atomic E-state index is 6.68. The van der Waals surface area contributed by atoms with Crippen LogP contribution in [0.1, 0.15) is 123 Å². The van der Waals surface area contributed by atoms with Gasteiger partial charge in [0, 0.05) is 0 Å². The smallest absolute Gasteiger partial charge is 1.00 e. The minimum Gasteiger partial charge on any atom is -1.00 e. The number of rotatable bonds is 8. The van der Waals surface area contributed by atoms with E-state index in [1.165, 1.54) is 22.3 Å². The van der Waals surface area contributed by atoms with Gasteiger partial charge in [-0.05, 0) is 73.3 Å². The Bertz CT molecular complexity index is 1190. The van der Waals surface area contributed by atoms with Crippen LogP contribution in [-0.4, -0.2) is 23.4 Å². The average Bonchev–Trinajstić information content (AvgIpc) is 3.63. The molecule has 0 amide bonds. The molecule has 264 valence electrons. The summed E-state index contributed by atoms with van der Waals surface area (Å²) in [5.74, 6) is 0. The standard InChI is InChI=1S/2C21H31O.2ClH.2Ti/c2*1-16(2)22-21(20(6,7)17-12-8-9-13-17)15-11-10-14-18(21)19(3,4)5;;;;/h2*8,10-12,14,16H,9,15H2,1-7H3;2*1H;;/q2*-1;;;2*+2/p-2. The van der Waals surface area contributed by atoms with Crippen LogP contribution >= 0.6 is 0 Å². The number of hydrogen-bond donors (Lipinski definition) is 0. The van der Waals surface area contributed by atoms with Crippen molar-refractivity contribution in [3.8, 4) is 0 Å². The van der Waals surface area contributed by atoms with E-state index in [4.69, 9.17) is 9.47 Å². The van der Waals surface area contributed by atoms with Gasteiger partial charge in [-0.2, -0.15) is 12.2 Å². The summed E-state index contributed by atoms with van der Waals surface area (Å²) in [7, 11) is 0. The quantitative estimate of drug-likeness (QED) is 0.237. The Hall–Kier alpha value is -0.151. The third kappa shape index (κ3) is 10.5. The van der Waals surface area contributed by atoms with E-state index in [-0.39, 0.29) is 113 Å². The van der Waals surface area contributed by atoms with E-state index in [2.05, 4.69) is 170 Å². The number of allylic oxidation sites excluding steroid dienone is 10. The SMILES string of the molecule is CC(C)OC1(C(C)(C)C2=[C-]CC=C2)CC=CC=C1C(C)(C)C.CC(C)OC1(C(C)(C)C2=[C-]CC=C2)CC=CC=C1C(C)(C)C.[Cl-].[Cl-].[Ti+2].[Ti+2]. The molecular formula is C42H62Cl2O2Ti2. The van der Waals surface area contributed by atoms with Gasteiger partial charge in [-0.3, -0.25) is 12.2 Å². The van der Waals surface area contributed by atoms with Crippen LogP contribution < -0.4 is 24.8 Å². The molecule has 0 spiro atoms. The Balaban J connectivity index is 0. The van der Waals surface area contributed by atoms with Crippen LogP contribution in [-0.2, 0) is 52.9 Å². The largest absolute Gasteiger partial charge is 2.00 e. The fourth-order valence-electron chi connectivity index (χ4n) is 7.61. The van der Waals surface area contributed by atoms with Crippen molar-refractivity contribution in [2.45, 2.75) is 146 Å². The summed E-state index contributed by atoms with van der Waals surface area (Å²) < 4.78 is 13.4. The molecular weight excluding hydrogens is 703 g/mol. The first-order valence-electron chi connectivity index (χ1n) is 16.9. The predicted octanol–water partition coefficient (Wildman–Crippen LogP) is 5.60. The number of hydrogen-bond acceptors (Lipinski definition) is 2. The maximum atomic E-state index is 6.68. The fourth-order valence-corrected chi connectivity index (χ4v) is 7.61. The Morgan fingerprint density at radius 3 is 1.10 bits per heavy atom. The summed E-state index contributed by atoms with van der Waals surface area (Å²) in [5.41, 5.74) is 4.60. The van der Waals surface area contributed by atoms with E-state index in [0.717, 1.165) is 25.7 Å². The monoisotopic (exact) mass is 764 g/mol. The first-order chi connectivity index (χ1) is 20.2. The van der Waals surface area contributed by atoms with Crippen LogP contribution in [0.15, 0.2) is 83.1 Å². The van der Waals surface area contributed by atoms with Gasteiger partial charge in [0.05, 0.1) is 23.4 Å². The van der Waals surface area contributed by atoms with E-state index in [1.807, 2.05) is 0 Å². The molecule has 0 heterocycles. The van der Waals surface area contributed by atoms with Gasteiger partial charge in [0.1, 0.15) is 0 Å². The molecule has 0 aromatic carbocycles. The summed E-state index contributed by atoms with van der Waals surface area (Å²) in [6.45, 7) is 31.5. The van der Waals surface area contributed by atoms with Crippen LogP contribution in [0.5, 0.6) is 0 Å². The first-order valence-corrected chi connectivity index (χ1v) is 16.9. The zero-order valence-electron chi connectivity index (χ0n) is 32.3. The minimum absolute atomic E-state index is 0. The van der Waals surface area contributed by atoms with Gasteiger partial charge in [0.25, 0.3) is 0 Å². The van der Waals surface area contributed by atoms with Gasteiger partial charge in [0.15, 0.2) is 0 Å². The van der Waals surface area contributed by atoms with Crippen molar-refractivity contribution >= 4 is 0 Å². The van der Waals surface area contributed by atoms with Gasteiger partial charge in [-0.1, -0.05) is 106 Å². The molecule has 0 aromatic heterocycles.